The van der Waals surface area contributed by atoms with Crippen molar-refractivity contribution in [1.29, 1.82) is 0 Å². The lowest BCUT2D eigenvalue weighted by molar-refractivity contribution is -0.146. The van der Waals surface area contributed by atoms with Crippen LogP contribution in [0, 0.1) is 5.82 Å². The highest BCUT2D eigenvalue weighted by Gasteiger charge is 2.21. The molecule has 0 radical (unpaired) electrons. The Kier molecular flexibility index (Phi) is 5.40. The minimum absolute atomic E-state index is 0.160. The molecule has 6 nitrogen and oxygen atoms in total. The molecule has 0 saturated carbocycles. The molecule has 0 fully saturated rings. The summed E-state index contributed by atoms with van der Waals surface area (Å²) in [5, 5.41) is 19.3. The monoisotopic (exact) mass is 281 g/mol. The molecule has 0 saturated heterocycles. The number of carbonyl (C=O) groups is 3. The van der Waals surface area contributed by atoms with Gasteiger partial charge in [-0.25, -0.2) is 9.18 Å². The van der Waals surface area contributed by atoms with E-state index in [1.165, 1.54) is 24.3 Å². The first-order valence-electron chi connectivity index (χ1n) is 5.58. The third kappa shape index (κ3) is 4.89. The Balaban J connectivity index is 2.69. The zero-order chi connectivity index (χ0) is 15.1. The Morgan fingerprint density at radius 3 is 2.45 bits per heavy atom. The van der Waals surface area contributed by atoms with Gasteiger partial charge in [0.1, 0.15) is 11.9 Å². The molecule has 1 unspecified atom stereocenters. The van der Waals surface area contributed by atoms with E-state index in [4.69, 9.17) is 10.2 Å². The summed E-state index contributed by atoms with van der Waals surface area (Å²) in [5.41, 5.74) is 0.160. The fourth-order valence-electron chi connectivity index (χ4n) is 1.37. The molecule has 1 aromatic rings. The Morgan fingerprint density at radius 1 is 1.25 bits per heavy atom. The number of carbonyl (C=O) groups excluding carboxylic acids is 1. The van der Waals surface area contributed by atoms with Gasteiger partial charge in [0.2, 0.25) is 5.91 Å². The van der Waals surface area contributed by atoms with Crippen molar-refractivity contribution in [3.8, 4) is 0 Å². The number of carboxylic acids is 2. The fourth-order valence-corrected chi connectivity index (χ4v) is 1.37. The molecule has 3 N–H and O–H groups in total. The van der Waals surface area contributed by atoms with Crippen molar-refractivity contribution in [2.75, 3.05) is 0 Å². The van der Waals surface area contributed by atoms with E-state index >= 15 is 0 Å². The second-order valence-corrected chi connectivity index (χ2v) is 3.85. The third-order valence-electron chi connectivity index (χ3n) is 2.31. The first-order chi connectivity index (χ1) is 9.40. The summed E-state index contributed by atoms with van der Waals surface area (Å²) in [6, 6.07) is 4.17. The molecule has 1 atom stereocenters. The van der Waals surface area contributed by atoms with Crippen LogP contribution in [0.1, 0.15) is 12.0 Å². The molecule has 106 valence electrons. The predicted octanol–water partition coefficient (Wildman–Crippen LogP) is 0.883. The minimum atomic E-state index is -1.54. The maximum atomic E-state index is 13.2. The minimum Gasteiger partial charge on any atom is -0.481 e. The van der Waals surface area contributed by atoms with E-state index in [9.17, 15) is 18.8 Å². The summed E-state index contributed by atoms with van der Waals surface area (Å²) in [6.07, 6.45) is 1.37. The van der Waals surface area contributed by atoms with E-state index in [1.807, 2.05) is 5.32 Å². The van der Waals surface area contributed by atoms with Gasteiger partial charge in [-0.3, -0.25) is 9.59 Å². The molecule has 0 aromatic heterocycles. The zero-order valence-electron chi connectivity index (χ0n) is 10.2. The van der Waals surface area contributed by atoms with Crippen LogP contribution in [-0.2, 0) is 14.4 Å². The molecule has 0 bridgehead atoms. The van der Waals surface area contributed by atoms with Crippen LogP contribution in [0.3, 0.4) is 0 Å². The second-order valence-electron chi connectivity index (χ2n) is 3.85. The average Bonchev–Trinajstić information content (AvgIpc) is 2.36. The number of hydrogen-bond donors (Lipinski definition) is 3. The van der Waals surface area contributed by atoms with Crippen LogP contribution in [0.4, 0.5) is 4.39 Å². The highest BCUT2D eigenvalue weighted by atomic mass is 19.1. The van der Waals surface area contributed by atoms with Crippen molar-refractivity contribution >= 4 is 23.9 Å². The Labute approximate surface area is 113 Å². The third-order valence-corrected chi connectivity index (χ3v) is 2.31. The van der Waals surface area contributed by atoms with Crippen LogP contribution in [0.25, 0.3) is 6.08 Å². The lowest BCUT2D eigenvalue weighted by atomic mass is 10.2. The maximum absolute atomic E-state index is 13.2. The molecule has 7 heteroatoms. The predicted molar refractivity (Wildman–Crippen MR) is 67.3 cm³/mol. The summed E-state index contributed by atoms with van der Waals surface area (Å²) in [6.45, 7) is 0. The normalized spacial score (nSPS) is 12.1. The van der Waals surface area contributed by atoms with Gasteiger partial charge in [-0.2, -0.15) is 0 Å². The van der Waals surface area contributed by atoms with Gasteiger partial charge in [0.05, 0.1) is 6.42 Å². The van der Waals surface area contributed by atoms with Gasteiger partial charge in [-0.1, -0.05) is 18.2 Å². The smallest absolute Gasteiger partial charge is 0.326 e. The molecule has 1 rings (SSSR count). The molecule has 20 heavy (non-hydrogen) atoms. The van der Waals surface area contributed by atoms with Gasteiger partial charge in [0.15, 0.2) is 0 Å². The number of amides is 1. The highest BCUT2D eigenvalue weighted by Crippen LogP contribution is 2.07. The average molecular weight is 281 g/mol. The van der Waals surface area contributed by atoms with Crippen molar-refractivity contribution in [3.05, 3.63) is 41.7 Å². The summed E-state index contributed by atoms with van der Waals surface area (Å²) < 4.78 is 13.2. The Hall–Kier alpha value is -2.70. The molecule has 1 amide bonds. The van der Waals surface area contributed by atoms with Crippen LogP contribution in [0.15, 0.2) is 30.3 Å². The topological polar surface area (TPSA) is 104 Å². The Morgan fingerprint density at radius 2 is 1.90 bits per heavy atom. The molecule has 0 spiro atoms. The fraction of sp³-hybridized carbons (Fsp3) is 0.154. The van der Waals surface area contributed by atoms with Crippen LogP contribution < -0.4 is 5.32 Å². The van der Waals surface area contributed by atoms with E-state index in [1.54, 1.807) is 6.07 Å². The van der Waals surface area contributed by atoms with Crippen molar-refractivity contribution in [3.63, 3.8) is 0 Å². The highest BCUT2D eigenvalue weighted by molar-refractivity contribution is 5.95. The summed E-state index contributed by atoms with van der Waals surface area (Å²) in [5.74, 6) is -4.16. The first kappa shape index (κ1) is 15.4. The van der Waals surface area contributed by atoms with Crippen molar-refractivity contribution < 1.29 is 29.0 Å². The number of halogens is 1. The molecular weight excluding hydrogens is 269 g/mol. The van der Waals surface area contributed by atoms with Gasteiger partial charge in [-0.15, -0.1) is 0 Å². The lowest BCUT2D eigenvalue weighted by Crippen LogP contribution is -2.41. The quantitative estimate of drug-likeness (QED) is 0.672. The van der Waals surface area contributed by atoms with Crippen LogP contribution in [-0.4, -0.2) is 34.1 Å². The summed E-state index contributed by atoms with van der Waals surface area (Å²) in [4.78, 5) is 32.6. The first-order valence-corrected chi connectivity index (χ1v) is 5.58. The molecule has 0 aliphatic carbocycles. The lowest BCUT2D eigenvalue weighted by Gasteiger charge is -2.10. The van der Waals surface area contributed by atoms with Crippen LogP contribution in [0.2, 0.25) is 0 Å². The number of nitrogens with one attached hydrogen (secondary N) is 1. The zero-order valence-corrected chi connectivity index (χ0v) is 10.2. The molecule has 1 aromatic carbocycles. The Bertz CT molecular complexity index is 555. The number of rotatable bonds is 6. The number of benzene rings is 1. The van der Waals surface area contributed by atoms with Crippen LogP contribution >= 0.6 is 0 Å². The van der Waals surface area contributed by atoms with E-state index < -0.39 is 36.1 Å². The van der Waals surface area contributed by atoms with Gasteiger partial charge < -0.3 is 15.5 Å². The maximum Gasteiger partial charge on any atom is 0.326 e. The summed E-state index contributed by atoms with van der Waals surface area (Å²) >= 11 is 0. The second kappa shape index (κ2) is 7.03. The molecule has 0 aliphatic rings. The SMILES string of the molecule is O=C(O)CC(NC(=O)/C=C/c1ccccc1F)C(=O)O. The number of carboxylic acid groups (broad SMARTS) is 2. The molecule has 0 aliphatic heterocycles. The standard InChI is InChI=1S/C13H12FNO5/c14-9-4-2-1-3-8(9)5-6-11(16)15-10(13(19)20)7-12(17)18/h1-6,10H,7H2,(H,15,16)(H,17,18)(H,19,20)/b6-5+. The van der Waals surface area contributed by atoms with Crippen molar-refractivity contribution in [2.45, 2.75) is 12.5 Å². The largest absolute Gasteiger partial charge is 0.481 e. The van der Waals surface area contributed by atoms with Gasteiger partial charge in [0, 0.05) is 11.6 Å². The van der Waals surface area contributed by atoms with Gasteiger partial charge >= 0.3 is 11.9 Å². The number of aliphatic carboxylic acids is 2. The summed E-state index contributed by atoms with van der Waals surface area (Å²) in [7, 11) is 0. The number of hydrogen-bond acceptors (Lipinski definition) is 3. The van der Waals surface area contributed by atoms with Gasteiger partial charge in [0.25, 0.3) is 0 Å². The van der Waals surface area contributed by atoms with E-state index in [0.717, 1.165) is 6.08 Å². The van der Waals surface area contributed by atoms with Crippen LogP contribution in [0.5, 0.6) is 0 Å². The van der Waals surface area contributed by atoms with E-state index in [-0.39, 0.29) is 5.56 Å². The van der Waals surface area contributed by atoms with Crippen molar-refractivity contribution in [1.82, 2.24) is 5.32 Å². The molecular formula is C13H12FNO5. The van der Waals surface area contributed by atoms with E-state index in [0.29, 0.717) is 0 Å². The van der Waals surface area contributed by atoms with E-state index in [2.05, 4.69) is 0 Å². The van der Waals surface area contributed by atoms with Gasteiger partial charge in [-0.05, 0) is 12.1 Å². The molecule has 0 heterocycles. The van der Waals surface area contributed by atoms with Crippen molar-refractivity contribution in [2.24, 2.45) is 0 Å².